The third kappa shape index (κ3) is 3.56. The van der Waals surface area contributed by atoms with Crippen molar-refractivity contribution in [3.63, 3.8) is 0 Å². The van der Waals surface area contributed by atoms with Gasteiger partial charge in [-0.05, 0) is 44.0 Å². The molecule has 8 heteroatoms. The first-order valence-corrected chi connectivity index (χ1v) is 8.05. The highest BCUT2D eigenvalue weighted by Gasteiger charge is 2.40. The normalized spacial score (nSPS) is 15.0. The molecule has 1 atom stereocenters. The van der Waals surface area contributed by atoms with Crippen LogP contribution in [0.5, 0.6) is 0 Å². The number of hydrogen-bond donors (Lipinski definition) is 2. The quantitative estimate of drug-likeness (QED) is 0.659. The summed E-state index contributed by atoms with van der Waals surface area (Å²) in [6, 6.07) is 2.34. The van der Waals surface area contributed by atoms with E-state index in [9.17, 15) is 21.6 Å². The van der Waals surface area contributed by atoms with Crippen LogP contribution in [-0.2, 0) is 16.0 Å². The molecule has 0 amide bonds. The van der Waals surface area contributed by atoms with Gasteiger partial charge in [0.15, 0.2) is 9.84 Å². The van der Waals surface area contributed by atoms with Crippen molar-refractivity contribution in [3.8, 4) is 0 Å². The molecule has 0 aliphatic heterocycles. The summed E-state index contributed by atoms with van der Waals surface area (Å²) in [6.45, 7) is 4.45. The third-order valence-corrected chi connectivity index (χ3v) is 5.87. The van der Waals surface area contributed by atoms with Crippen molar-refractivity contribution < 1.29 is 21.6 Å². The standard InChI is InChI=1S/C13H19F3N2O2S/c1-8-7-9(13(14,15)16)5-6-10(8)11(18-17)12(2,3)21(4,19)20/h5-7,11,18H,17H2,1-4H3. The van der Waals surface area contributed by atoms with E-state index in [0.717, 1.165) is 18.4 Å². The molecule has 0 fully saturated rings. The van der Waals surface area contributed by atoms with Crippen molar-refractivity contribution in [2.24, 2.45) is 5.84 Å². The summed E-state index contributed by atoms with van der Waals surface area (Å²) in [7, 11) is -3.48. The van der Waals surface area contributed by atoms with Gasteiger partial charge < -0.3 is 0 Å². The van der Waals surface area contributed by atoms with E-state index in [1.807, 2.05) is 0 Å². The number of benzene rings is 1. The van der Waals surface area contributed by atoms with Crippen LogP contribution in [0.2, 0.25) is 0 Å². The van der Waals surface area contributed by atoms with Gasteiger partial charge in [0.1, 0.15) is 0 Å². The van der Waals surface area contributed by atoms with Crippen LogP contribution in [0.3, 0.4) is 0 Å². The van der Waals surface area contributed by atoms with E-state index in [2.05, 4.69) is 5.43 Å². The lowest BCUT2D eigenvalue weighted by Crippen LogP contribution is -2.47. The van der Waals surface area contributed by atoms with Gasteiger partial charge in [0.25, 0.3) is 0 Å². The van der Waals surface area contributed by atoms with Gasteiger partial charge in [0, 0.05) is 6.26 Å². The topological polar surface area (TPSA) is 72.2 Å². The molecule has 1 rings (SSSR count). The minimum Gasteiger partial charge on any atom is -0.271 e. The van der Waals surface area contributed by atoms with Crippen LogP contribution in [0.1, 0.15) is 36.6 Å². The van der Waals surface area contributed by atoms with Gasteiger partial charge >= 0.3 is 6.18 Å². The Bertz CT molecular complexity index is 625. The second-order valence-corrected chi connectivity index (χ2v) is 8.14. The molecular formula is C13H19F3N2O2S. The Kier molecular flexibility index (Phi) is 4.77. The van der Waals surface area contributed by atoms with Gasteiger partial charge in [0.05, 0.1) is 16.4 Å². The molecule has 1 unspecified atom stereocenters. The highest BCUT2D eigenvalue weighted by molar-refractivity contribution is 7.92. The first kappa shape index (κ1) is 17.9. The van der Waals surface area contributed by atoms with Crippen molar-refractivity contribution in [3.05, 3.63) is 34.9 Å². The number of hydrogen-bond acceptors (Lipinski definition) is 4. The summed E-state index contributed by atoms with van der Waals surface area (Å²) in [5.74, 6) is 5.44. The van der Waals surface area contributed by atoms with Gasteiger partial charge in [-0.25, -0.2) is 8.42 Å². The van der Waals surface area contributed by atoms with Crippen LogP contribution in [0.15, 0.2) is 18.2 Å². The van der Waals surface area contributed by atoms with Crippen molar-refractivity contribution >= 4 is 9.84 Å². The lowest BCUT2D eigenvalue weighted by Gasteiger charge is -2.33. The predicted octanol–water partition coefficient (Wildman–Crippen LogP) is 2.34. The molecule has 120 valence electrons. The molecule has 1 aromatic carbocycles. The number of rotatable bonds is 4. The van der Waals surface area contributed by atoms with Crippen molar-refractivity contribution in [1.82, 2.24) is 5.43 Å². The highest BCUT2D eigenvalue weighted by atomic mass is 32.2. The predicted molar refractivity (Wildman–Crippen MR) is 75.2 cm³/mol. The van der Waals surface area contributed by atoms with Crippen LogP contribution in [-0.4, -0.2) is 19.4 Å². The lowest BCUT2D eigenvalue weighted by molar-refractivity contribution is -0.137. The number of hydrazine groups is 1. The summed E-state index contributed by atoms with van der Waals surface area (Å²) in [5, 5.41) is 0. The fourth-order valence-electron chi connectivity index (χ4n) is 2.05. The molecule has 3 N–H and O–H groups in total. The Morgan fingerprint density at radius 1 is 1.24 bits per heavy atom. The average Bonchev–Trinajstić information content (AvgIpc) is 2.28. The van der Waals surface area contributed by atoms with Gasteiger partial charge in [-0.15, -0.1) is 0 Å². The van der Waals surface area contributed by atoms with E-state index in [-0.39, 0.29) is 0 Å². The van der Waals surface area contributed by atoms with Crippen LogP contribution >= 0.6 is 0 Å². The third-order valence-electron chi connectivity index (χ3n) is 3.73. The maximum absolute atomic E-state index is 12.7. The molecular weight excluding hydrogens is 305 g/mol. The lowest BCUT2D eigenvalue weighted by atomic mass is 9.91. The summed E-state index contributed by atoms with van der Waals surface area (Å²) in [6.07, 6.45) is -3.38. The van der Waals surface area contributed by atoms with E-state index in [4.69, 9.17) is 5.84 Å². The van der Waals surface area contributed by atoms with Gasteiger partial charge in [-0.2, -0.15) is 13.2 Å². The minimum atomic E-state index is -4.44. The zero-order valence-electron chi connectivity index (χ0n) is 12.2. The number of halogens is 3. The Morgan fingerprint density at radius 2 is 1.76 bits per heavy atom. The first-order chi connectivity index (χ1) is 9.32. The minimum absolute atomic E-state index is 0.324. The van der Waals surface area contributed by atoms with Crippen molar-refractivity contribution in [2.75, 3.05) is 6.26 Å². The molecule has 1 aromatic rings. The molecule has 0 radical (unpaired) electrons. The number of sulfone groups is 1. The van der Waals surface area contributed by atoms with Crippen molar-refractivity contribution in [2.45, 2.75) is 37.7 Å². The number of alkyl halides is 3. The second kappa shape index (κ2) is 5.58. The molecule has 0 bridgehead atoms. The molecule has 0 aromatic heterocycles. The number of nitrogens with two attached hydrogens (primary N) is 1. The fourth-order valence-corrected chi connectivity index (χ4v) is 2.68. The van der Waals surface area contributed by atoms with Gasteiger partial charge in [-0.1, -0.05) is 6.07 Å². The van der Waals surface area contributed by atoms with Gasteiger partial charge in [0.2, 0.25) is 0 Å². The highest BCUT2D eigenvalue weighted by Crippen LogP contribution is 2.36. The van der Waals surface area contributed by atoms with Crippen LogP contribution in [0.25, 0.3) is 0 Å². The van der Waals surface area contributed by atoms with E-state index in [1.165, 1.54) is 26.8 Å². The molecule has 21 heavy (non-hydrogen) atoms. The van der Waals surface area contributed by atoms with E-state index >= 15 is 0 Å². The summed E-state index contributed by atoms with van der Waals surface area (Å²) in [5.41, 5.74) is 2.36. The molecule has 0 aliphatic rings. The van der Waals surface area contributed by atoms with Crippen LogP contribution < -0.4 is 11.3 Å². The van der Waals surface area contributed by atoms with E-state index in [0.29, 0.717) is 11.1 Å². The fraction of sp³-hybridized carbons (Fsp3) is 0.538. The summed E-state index contributed by atoms with van der Waals surface area (Å²) < 4.78 is 60.5. The van der Waals surface area contributed by atoms with Crippen molar-refractivity contribution in [1.29, 1.82) is 0 Å². The van der Waals surface area contributed by atoms with E-state index in [1.54, 1.807) is 0 Å². The summed E-state index contributed by atoms with van der Waals surface area (Å²) in [4.78, 5) is 0. The SMILES string of the molecule is Cc1cc(C(F)(F)F)ccc1C(NN)C(C)(C)S(C)(=O)=O. The number of nitrogens with one attached hydrogen (secondary N) is 1. The monoisotopic (exact) mass is 324 g/mol. The molecule has 0 saturated carbocycles. The molecule has 0 spiro atoms. The molecule has 0 saturated heterocycles. The zero-order chi connectivity index (χ0) is 16.6. The second-order valence-electron chi connectivity index (χ2n) is 5.54. The van der Waals surface area contributed by atoms with E-state index < -0.39 is 32.4 Å². The smallest absolute Gasteiger partial charge is 0.271 e. The first-order valence-electron chi connectivity index (χ1n) is 6.16. The number of aryl methyl sites for hydroxylation is 1. The van der Waals surface area contributed by atoms with Gasteiger partial charge in [-0.3, -0.25) is 11.3 Å². The largest absolute Gasteiger partial charge is 0.416 e. The molecule has 0 aliphatic carbocycles. The Morgan fingerprint density at radius 3 is 2.10 bits per heavy atom. The Balaban J connectivity index is 3.38. The maximum Gasteiger partial charge on any atom is 0.416 e. The molecule has 0 heterocycles. The van der Waals surface area contributed by atoms with Crippen LogP contribution in [0, 0.1) is 6.92 Å². The average molecular weight is 324 g/mol. The maximum atomic E-state index is 12.7. The van der Waals surface area contributed by atoms with Crippen LogP contribution in [0.4, 0.5) is 13.2 Å². The zero-order valence-corrected chi connectivity index (χ0v) is 13.1. The molecule has 4 nitrogen and oxygen atoms in total. The summed E-state index contributed by atoms with van der Waals surface area (Å²) >= 11 is 0. The Hall–Kier alpha value is -1.12. The Labute approximate surface area is 122 Å².